The van der Waals surface area contributed by atoms with Crippen molar-refractivity contribution in [3.63, 3.8) is 0 Å². The molecule has 1 aromatic carbocycles. The molecule has 3 aromatic rings. The number of hydrogen-bond donors (Lipinski definition) is 0. The molecule has 5 heteroatoms. The van der Waals surface area contributed by atoms with Gasteiger partial charge in [0.15, 0.2) is 0 Å². The van der Waals surface area contributed by atoms with Crippen LogP contribution in [0.25, 0.3) is 11.1 Å². The third-order valence-corrected chi connectivity index (χ3v) is 6.19. The van der Waals surface area contributed by atoms with E-state index in [1.165, 1.54) is 16.0 Å². The molecule has 0 saturated carbocycles. The Labute approximate surface area is 181 Å². The molecule has 1 unspecified atom stereocenters. The van der Waals surface area contributed by atoms with Crippen LogP contribution in [0.2, 0.25) is 4.34 Å². The number of pyridine rings is 1. The van der Waals surface area contributed by atoms with Gasteiger partial charge in [-0.15, -0.1) is 11.3 Å². The zero-order valence-corrected chi connectivity index (χ0v) is 18.2. The van der Waals surface area contributed by atoms with Crippen LogP contribution in [0, 0.1) is 12.9 Å². The molecule has 0 bridgehead atoms. The molecule has 0 spiro atoms. The maximum Gasteiger partial charge on any atom is 0.215 e. The average Bonchev–Trinajstić information content (AvgIpc) is 3.09. The van der Waals surface area contributed by atoms with Gasteiger partial charge in [0.25, 0.3) is 0 Å². The van der Waals surface area contributed by atoms with Crippen LogP contribution in [0.3, 0.4) is 0 Å². The molecule has 2 aromatic heterocycles. The first-order valence-corrected chi connectivity index (χ1v) is 10.6. The van der Waals surface area contributed by atoms with Gasteiger partial charge in [-0.1, -0.05) is 61.2 Å². The molecule has 3 heterocycles. The van der Waals surface area contributed by atoms with Crippen molar-refractivity contribution in [3.8, 4) is 11.1 Å². The number of fused-ring (bicyclic) bond motifs is 1. The molecule has 1 atom stereocenters. The van der Waals surface area contributed by atoms with Gasteiger partial charge in [0.2, 0.25) is 5.95 Å². The first kappa shape index (κ1) is 21.4. The smallest absolute Gasteiger partial charge is 0.215 e. The van der Waals surface area contributed by atoms with E-state index in [0.717, 1.165) is 28.6 Å². The molecule has 150 valence electrons. The van der Waals surface area contributed by atoms with Gasteiger partial charge in [0.1, 0.15) is 0 Å². The quantitative estimate of drug-likeness (QED) is 0.336. The molecule has 1 aliphatic rings. The summed E-state index contributed by atoms with van der Waals surface area (Å²) in [7, 11) is 2.13. The number of aromatic nitrogens is 1. The van der Waals surface area contributed by atoms with Crippen LogP contribution in [0.4, 0.5) is 4.39 Å². The van der Waals surface area contributed by atoms with E-state index in [9.17, 15) is 4.39 Å². The minimum absolute atomic E-state index is 0.249. The highest BCUT2D eigenvalue weighted by atomic mass is 35.5. The number of thiophene rings is 1. The maximum absolute atomic E-state index is 13.6. The Bertz CT molecular complexity index is 1020. The van der Waals surface area contributed by atoms with Crippen LogP contribution in [0.1, 0.15) is 27.5 Å². The van der Waals surface area contributed by atoms with E-state index in [1.54, 1.807) is 36.6 Å². The molecule has 0 radical (unpaired) electrons. The standard InChI is InChI=1S/C20H18ClFN2S.C4H6/c1-12-7-13(9-23-20(12)22)14-5-3-4-6-15(14)17-10-24(2)11-18-16(17)8-19(21)25-18;1-3-4-2/h3-9,17H,10-11H2,1-2H3;3-4H,1-2H2. The highest BCUT2D eigenvalue weighted by Crippen LogP contribution is 2.42. The second-order valence-corrected chi connectivity index (χ2v) is 8.84. The minimum Gasteiger partial charge on any atom is -0.300 e. The first-order chi connectivity index (χ1) is 13.9. The zero-order chi connectivity index (χ0) is 21.0. The topological polar surface area (TPSA) is 16.1 Å². The number of aryl methyl sites for hydroxylation is 1. The van der Waals surface area contributed by atoms with Crippen LogP contribution in [0.5, 0.6) is 0 Å². The van der Waals surface area contributed by atoms with E-state index in [4.69, 9.17) is 11.6 Å². The molecule has 0 amide bonds. The highest BCUT2D eigenvalue weighted by molar-refractivity contribution is 7.16. The molecule has 29 heavy (non-hydrogen) atoms. The normalized spacial score (nSPS) is 15.8. The molecule has 0 aliphatic carbocycles. The summed E-state index contributed by atoms with van der Waals surface area (Å²) < 4.78 is 14.4. The molecular weight excluding hydrogens is 403 g/mol. The Kier molecular flexibility index (Phi) is 7.01. The number of nitrogens with zero attached hydrogens (tertiary/aromatic N) is 2. The van der Waals surface area contributed by atoms with Crippen LogP contribution < -0.4 is 0 Å². The first-order valence-electron chi connectivity index (χ1n) is 9.36. The lowest BCUT2D eigenvalue weighted by molar-refractivity contribution is 0.299. The van der Waals surface area contributed by atoms with Crippen molar-refractivity contribution in [1.82, 2.24) is 9.88 Å². The van der Waals surface area contributed by atoms with Crippen molar-refractivity contribution in [2.24, 2.45) is 0 Å². The Morgan fingerprint density at radius 3 is 2.62 bits per heavy atom. The number of rotatable bonds is 3. The third-order valence-electron chi connectivity index (χ3n) is 4.92. The molecule has 0 saturated heterocycles. The largest absolute Gasteiger partial charge is 0.300 e. The summed E-state index contributed by atoms with van der Waals surface area (Å²) in [5, 5.41) is 0. The monoisotopic (exact) mass is 426 g/mol. The maximum atomic E-state index is 13.6. The molecule has 4 rings (SSSR count). The van der Waals surface area contributed by atoms with Gasteiger partial charge in [-0.2, -0.15) is 4.39 Å². The van der Waals surface area contributed by atoms with E-state index in [2.05, 4.69) is 54.4 Å². The fourth-order valence-corrected chi connectivity index (χ4v) is 5.00. The molecule has 1 aliphatic heterocycles. The van der Waals surface area contributed by atoms with Gasteiger partial charge in [-0.25, -0.2) is 4.98 Å². The second-order valence-electron chi connectivity index (χ2n) is 7.07. The molecule has 0 fully saturated rings. The number of hydrogen-bond acceptors (Lipinski definition) is 3. The van der Waals surface area contributed by atoms with Crippen LogP contribution in [-0.2, 0) is 6.54 Å². The van der Waals surface area contributed by atoms with Crippen LogP contribution in [0.15, 0.2) is 67.9 Å². The summed E-state index contributed by atoms with van der Waals surface area (Å²) in [4.78, 5) is 7.56. The number of benzene rings is 1. The van der Waals surface area contributed by atoms with E-state index in [-0.39, 0.29) is 5.92 Å². The Hall–Kier alpha value is -2.27. The van der Waals surface area contributed by atoms with Gasteiger partial charge in [0, 0.05) is 41.2 Å². The average molecular weight is 427 g/mol. The lowest BCUT2D eigenvalue weighted by Gasteiger charge is -2.31. The van der Waals surface area contributed by atoms with Crippen molar-refractivity contribution in [3.05, 3.63) is 99.8 Å². The van der Waals surface area contributed by atoms with Crippen LogP contribution >= 0.6 is 22.9 Å². The lowest BCUT2D eigenvalue weighted by Crippen LogP contribution is -2.30. The molecular formula is C24H24ClFN2S. The fraction of sp³-hybridized carbons (Fsp3) is 0.208. The molecule has 2 nitrogen and oxygen atoms in total. The SMILES string of the molecule is C=CC=C.Cc1cc(-c2ccccc2C2CN(C)Cc3sc(Cl)cc32)cnc1F. The van der Waals surface area contributed by atoms with Gasteiger partial charge >= 0.3 is 0 Å². The lowest BCUT2D eigenvalue weighted by atomic mass is 9.84. The van der Waals surface area contributed by atoms with Gasteiger partial charge in [-0.3, -0.25) is 0 Å². The van der Waals surface area contributed by atoms with Crippen molar-refractivity contribution in [2.75, 3.05) is 13.6 Å². The summed E-state index contributed by atoms with van der Waals surface area (Å²) in [6.45, 7) is 10.3. The summed E-state index contributed by atoms with van der Waals surface area (Å²) in [5.74, 6) is -0.162. The van der Waals surface area contributed by atoms with E-state index in [0.29, 0.717) is 5.56 Å². The Morgan fingerprint density at radius 2 is 1.93 bits per heavy atom. The number of likely N-dealkylation sites (N-methyl/N-ethyl adjacent to an activating group) is 1. The van der Waals surface area contributed by atoms with Gasteiger partial charge in [0.05, 0.1) is 4.34 Å². The highest BCUT2D eigenvalue weighted by Gasteiger charge is 2.28. The third kappa shape index (κ3) is 4.84. The van der Waals surface area contributed by atoms with E-state index in [1.807, 2.05) is 12.1 Å². The zero-order valence-electron chi connectivity index (χ0n) is 16.7. The Balaban J connectivity index is 0.000000552. The summed E-state index contributed by atoms with van der Waals surface area (Å²) >= 11 is 7.95. The second kappa shape index (κ2) is 9.49. The summed E-state index contributed by atoms with van der Waals surface area (Å²) in [5.41, 5.74) is 5.16. The number of halogens is 2. The van der Waals surface area contributed by atoms with Crippen molar-refractivity contribution in [1.29, 1.82) is 0 Å². The van der Waals surface area contributed by atoms with Crippen molar-refractivity contribution >= 4 is 22.9 Å². The van der Waals surface area contributed by atoms with Crippen molar-refractivity contribution in [2.45, 2.75) is 19.4 Å². The van der Waals surface area contributed by atoms with E-state index >= 15 is 0 Å². The fourth-order valence-electron chi connectivity index (χ4n) is 3.58. The predicted molar refractivity (Wildman–Crippen MR) is 122 cm³/mol. The van der Waals surface area contributed by atoms with Gasteiger partial charge in [-0.05, 0) is 42.8 Å². The predicted octanol–water partition coefficient (Wildman–Crippen LogP) is 6.85. The number of allylic oxidation sites excluding steroid dienone is 2. The van der Waals surface area contributed by atoms with E-state index < -0.39 is 5.95 Å². The van der Waals surface area contributed by atoms with Crippen molar-refractivity contribution < 1.29 is 4.39 Å². The summed E-state index contributed by atoms with van der Waals surface area (Å²) in [6, 6.07) is 12.3. The minimum atomic E-state index is -0.412. The summed E-state index contributed by atoms with van der Waals surface area (Å²) in [6.07, 6.45) is 4.90. The Morgan fingerprint density at radius 1 is 1.21 bits per heavy atom. The molecule has 0 N–H and O–H groups in total. The van der Waals surface area contributed by atoms with Gasteiger partial charge < -0.3 is 4.90 Å². The van der Waals surface area contributed by atoms with Crippen LogP contribution in [-0.4, -0.2) is 23.5 Å².